The van der Waals surface area contributed by atoms with Gasteiger partial charge in [0, 0.05) is 42.5 Å². The molecule has 0 saturated heterocycles. The van der Waals surface area contributed by atoms with Crippen molar-refractivity contribution in [3.05, 3.63) is 51.7 Å². The number of ether oxygens (including phenoxy) is 2. The maximum atomic E-state index is 13.2. The van der Waals surface area contributed by atoms with E-state index in [1.54, 1.807) is 17.6 Å². The van der Waals surface area contributed by atoms with Crippen LogP contribution in [0.5, 0.6) is 11.5 Å². The van der Waals surface area contributed by atoms with E-state index in [2.05, 4.69) is 44.3 Å². The number of nitrogens with one attached hydrogen (secondary N) is 2. The van der Waals surface area contributed by atoms with Gasteiger partial charge in [-0.2, -0.15) is 0 Å². The molecule has 0 atom stereocenters. The quantitative estimate of drug-likeness (QED) is 0.254. The first-order valence-corrected chi connectivity index (χ1v) is 12.7. The molecule has 0 bridgehead atoms. The molecule has 0 spiro atoms. The Balaban J connectivity index is 1.65. The molecule has 36 heavy (non-hydrogen) atoms. The van der Waals surface area contributed by atoms with Crippen molar-refractivity contribution in [2.75, 3.05) is 42.8 Å². The number of amides is 1. The first kappa shape index (κ1) is 25.7. The monoisotopic (exact) mass is 546 g/mol. The van der Waals surface area contributed by atoms with E-state index in [-0.39, 0.29) is 15.7 Å². The zero-order valence-electron chi connectivity index (χ0n) is 20.1. The van der Waals surface area contributed by atoms with Crippen molar-refractivity contribution in [2.24, 2.45) is 0 Å². The lowest BCUT2D eigenvalue weighted by Gasteiger charge is -2.21. The van der Waals surface area contributed by atoms with Gasteiger partial charge in [-0.1, -0.05) is 23.2 Å². The Bertz CT molecular complexity index is 1380. The molecule has 0 saturated carbocycles. The second-order valence-electron chi connectivity index (χ2n) is 7.48. The first-order chi connectivity index (χ1) is 17.4. The number of benzene rings is 1. The summed E-state index contributed by atoms with van der Waals surface area (Å²) < 4.78 is 11.3. The van der Waals surface area contributed by atoms with Crippen LogP contribution in [0.15, 0.2) is 36.1 Å². The van der Waals surface area contributed by atoms with Gasteiger partial charge in [0.2, 0.25) is 0 Å². The Labute approximate surface area is 222 Å². The number of nitrogens with zero attached hydrogens (tertiary/aromatic N) is 4. The minimum absolute atomic E-state index is 0.160. The van der Waals surface area contributed by atoms with Crippen LogP contribution in [0.3, 0.4) is 0 Å². The van der Waals surface area contributed by atoms with Gasteiger partial charge in [-0.05, 0) is 19.9 Å². The van der Waals surface area contributed by atoms with Crippen LogP contribution in [0.25, 0.3) is 10.2 Å². The minimum atomic E-state index is -0.438. The molecule has 188 valence electrons. The van der Waals surface area contributed by atoms with Crippen LogP contribution >= 0.6 is 34.5 Å². The third-order valence-corrected chi connectivity index (χ3v) is 7.26. The topological polar surface area (TPSA) is 102 Å². The normalized spacial score (nSPS) is 10.8. The van der Waals surface area contributed by atoms with E-state index in [0.717, 1.165) is 18.8 Å². The van der Waals surface area contributed by atoms with Crippen LogP contribution in [-0.2, 0) is 0 Å². The van der Waals surface area contributed by atoms with E-state index >= 15 is 0 Å². The zero-order chi connectivity index (χ0) is 25.8. The van der Waals surface area contributed by atoms with Crippen molar-refractivity contribution in [3.8, 4) is 11.5 Å². The molecule has 2 N–H and O–H groups in total. The van der Waals surface area contributed by atoms with E-state index in [0.29, 0.717) is 38.9 Å². The zero-order valence-corrected chi connectivity index (χ0v) is 22.4. The van der Waals surface area contributed by atoms with Gasteiger partial charge in [0.25, 0.3) is 5.91 Å². The van der Waals surface area contributed by atoms with Crippen molar-refractivity contribution in [3.63, 3.8) is 0 Å². The highest BCUT2D eigenvalue weighted by Crippen LogP contribution is 2.44. The molecular formula is C24H24Cl2N6O3S. The molecular weight excluding hydrogens is 523 g/mol. The predicted octanol–water partition coefficient (Wildman–Crippen LogP) is 6.25. The largest absolute Gasteiger partial charge is 0.495 e. The summed E-state index contributed by atoms with van der Waals surface area (Å²) in [6.45, 7) is 5.97. The van der Waals surface area contributed by atoms with E-state index in [1.165, 1.54) is 31.9 Å². The average molecular weight is 547 g/mol. The number of carbonyl (C=O) groups excluding carboxylic acids is 1. The summed E-state index contributed by atoms with van der Waals surface area (Å²) in [5, 5.41) is 8.05. The lowest BCUT2D eigenvalue weighted by atomic mass is 10.2. The Morgan fingerprint density at radius 3 is 2.39 bits per heavy atom. The Morgan fingerprint density at radius 1 is 1.06 bits per heavy atom. The van der Waals surface area contributed by atoms with E-state index in [4.69, 9.17) is 32.7 Å². The highest BCUT2D eigenvalue weighted by molar-refractivity contribution is 7.18. The second kappa shape index (κ2) is 11.2. The maximum absolute atomic E-state index is 13.2. The predicted molar refractivity (Wildman–Crippen MR) is 146 cm³/mol. The van der Waals surface area contributed by atoms with Crippen LogP contribution in [0.2, 0.25) is 10.0 Å². The lowest BCUT2D eigenvalue weighted by molar-refractivity contribution is 0.102. The van der Waals surface area contributed by atoms with Crippen LogP contribution < -0.4 is 25.0 Å². The van der Waals surface area contributed by atoms with E-state index in [9.17, 15) is 4.79 Å². The summed E-state index contributed by atoms with van der Waals surface area (Å²) in [6, 6.07) is 5.47. The standard InChI is InChI=1S/C24H24Cl2N6O3S/c1-5-32(6-2)13-7-8-27-17(9-13)30-23-22-20(28-12-29-23)14(11-36-22)24(33)31-21-18(25)15(34-3)10-16(35-4)19(21)26/h7-12H,5-6H2,1-4H3,(H,31,33)(H,27,28,29,30). The summed E-state index contributed by atoms with van der Waals surface area (Å²) in [4.78, 5) is 28.6. The van der Waals surface area contributed by atoms with Gasteiger partial charge < -0.3 is 25.0 Å². The smallest absolute Gasteiger partial charge is 0.258 e. The Hall–Kier alpha value is -3.34. The molecule has 4 aromatic rings. The van der Waals surface area contributed by atoms with E-state index < -0.39 is 5.91 Å². The summed E-state index contributed by atoms with van der Waals surface area (Å²) in [7, 11) is 2.93. The van der Waals surface area contributed by atoms with Crippen molar-refractivity contribution in [1.82, 2.24) is 15.0 Å². The number of hydrogen-bond donors (Lipinski definition) is 2. The van der Waals surface area contributed by atoms with Crippen LogP contribution in [0.1, 0.15) is 24.2 Å². The molecule has 0 fully saturated rings. The molecule has 4 rings (SSSR count). The molecule has 3 aromatic heterocycles. The number of fused-ring (bicyclic) bond motifs is 1. The van der Waals surface area contributed by atoms with Gasteiger partial charge in [0.05, 0.1) is 35.7 Å². The van der Waals surface area contributed by atoms with Crippen molar-refractivity contribution in [1.29, 1.82) is 0 Å². The average Bonchev–Trinajstić information content (AvgIpc) is 3.33. The fraction of sp³-hybridized carbons (Fsp3) is 0.250. The van der Waals surface area contributed by atoms with Crippen molar-refractivity contribution < 1.29 is 14.3 Å². The van der Waals surface area contributed by atoms with Crippen LogP contribution in [-0.4, -0.2) is 48.2 Å². The first-order valence-electron chi connectivity index (χ1n) is 11.0. The van der Waals surface area contributed by atoms with Crippen molar-refractivity contribution in [2.45, 2.75) is 13.8 Å². The van der Waals surface area contributed by atoms with Crippen LogP contribution in [0, 0.1) is 0 Å². The number of hydrogen-bond acceptors (Lipinski definition) is 9. The number of methoxy groups -OCH3 is 2. The van der Waals surface area contributed by atoms with Crippen molar-refractivity contribution >= 4 is 73.7 Å². The molecule has 9 nitrogen and oxygen atoms in total. The Morgan fingerprint density at radius 2 is 1.75 bits per heavy atom. The molecule has 3 heterocycles. The van der Waals surface area contributed by atoms with Gasteiger partial charge in [0.15, 0.2) is 5.82 Å². The third-order valence-electron chi connectivity index (χ3n) is 5.53. The lowest BCUT2D eigenvalue weighted by Crippen LogP contribution is -2.21. The van der Waals surface area contributed by atoms with Gasteiger partial charge >= 0.3 is 0 Å². The molecule has 0 aliphatic carbocycles. The summed E-state index contributed by atoms with van der Waals surface area (Å²) >= 11 is 14.2. The minimum Gasteiger partial charge on any atom is -0.495 e. The van der Waals surface area contributed by atoms with E-state index in [1.807, 2.05) is 12.1 Å². The molecule has 0 radical (unpaired) electrons. The maximum Gasteiger partial charge on any atom is 0.258 e. The molecule has 12 heteroatoms. The molecule has 0 aliphatic rings. The van der Waals surface area contributed by atoms with Gasteiger partial charge in [-0.25, -0.2) is 15.0 Å². The molecule has 1 amide bonds. The number of anilines is 4. The molecule has 0 unspecified atom stereocenters. The van der Waals surface area contributed by atoms with Gasteiger partial charge in [0.1, 0.15) is 33.7 Å². The van der Waals surface area contributed by atoms with Crippen LogP contribution in [0.4, 0.5) is 23.0 Å². The fourth-order valence-electron chi connectivity index (χ4n) is 3.67. The SMILES string of the molecule is CCN(CC)c1ccnc(Nc2ncnc3c(C(=O)Nc4c(Cl)c(OC)cc(OC)c4Cl)csc23)c1. The third kappa shape index (κ3) is 4.97. The number of carbonyl (C=O) groups is 1. The summed E-state index contributed by atoms with van der Waals surface area (Å²) in [5.74, 6) is 1.38. The highest BCUT2D eigenvalue weighted by atomic mass is 35.5. The van der Waals surface area contributed by atoms with Gasteiger partial charge in [-0.3, -0.25) is 4.79 Å². The summed E-state index contributed by atoms with van der Waals surface area (Å²) in [6.07, 6.45) is 3.15. The number of pyridine rings is 1. The number of halogens is 2. The Kier molecular flexibility index (Phi) is 7.97. The molecule has 1 aromatic carbocycles. The fourth-order valence-corrected chi connectivity index (χ4v) is 5.21. The number of aromatic nitrogens is 3. The van der Waals surface area contributed by atoms with Gasteiger partial charge in [-0.15, -0.1) is 11.3 Å². The second-order valence-corrected chi connectivity index (χ2v) is 9.12. The highest BCUT2D eigenvalue weighted by Gasteiger charge is 2.22. The summed E-state index contributed by atoms with van der Waals surface area (Å²) in [5.41, 5.74) is 2.07. The molecule has 0 aliphatic heterocycles. The number of thiophene rings is 1. The number of rotatable bonds is 9.